The van der Waals surface area contributed by atoms with Crippen molar-refractivity contribution in [3.63, 3.8) is 0 Å². The van der Waals surface area contributed by atoms with Crippen molar-refractivity contribution < 1.29 is 0 Å². The van der Waals surface area contributed by atoms with Crippen LogP contribution < -0.4 is 10.6 Å². The van der Waals surface area contributed by atoms with Crippen LogP contribution in [0.2, 0.25) is 0 Å². The number of anilines is 2. The van der Waals surface area contributed by atoms with Crippen LogP contribution in [0.3, 0.4) is 0 Å². The molecule has 3 N–H and O–H groups in total. The van der Waals surface area contributed by atoms with Gasteiger partial charge in [0.2, 0.25) is 5.95 Å². The molecular weight excluding hydrogens is 276 g/mol. The van der Waals surface area contributed by atoms with Crippen LogP contribution in [0, 0.1) is 13.8 Å². The zero-order chi connectivity index (χ0) is 15.7. The number of aromatic amines is 1. The molecule has 2 aromatic heterocycles. The van der Waals surface area contributed by atoms with Crippen LogP contribution in [-0.2, 0) is 19.3 Å². The second-order valence-electron chi connectivity index (χ2n) is 6.12. The van der Waals surface area contributed by atoms with Gasteiger partial charge in [0.1, 0.15) is 5.82 Å². The molecule has 1 aliphatic rings. The van der Waals surface area contributed by atoms with Crippen molar-refractivity contribution in [1.29, 1.82) is 0 Å². The van der Waals surface area contributed by atoms with Gasteiger partial charge < -0.3 is 10.6 Å². The van der Waals surface area contributed by atoms with E-state index >= 15 is 0 Å². The van der Waals surface area contributed by atoms with E-state index < -0.39 is 0 Å². The fourth-order valence-corrected chi connectivity index (χ4v) is 3.24. The molecule has 3 rings (SSSR count). The number of fused-ring (bicyclic) bond motifs is 1. The molecule has 6 heteroatoms. The zero-order valence-electron chi connectivity index (χ0n) is 13.6. The van der Waals surface area contributed by atoms with Crippen LogP contribution in [0.15, 0.2) is 0 Å². The lowest BCUT2D eigenvalue weighted by Gasteiger charge is -2.25. The molecule has 0 aromatic carbocycles. The van der Waals surface area contributed by atoms with Crippen molar-refractivity contribution in [3.8, 4) is 0 Å². The van der Waals surface area contributed by atoms with Crippen molar-refractivity contribution in [2.45, 2.75) is 46.0 Å². The lowest BCUT2D eigenvalue weighted by molar-refractivity contribution is 0.659. The third-order valence-electron chi connectivity index (χ3n) is 4.52. The van der Waals surface area contributed by atoms with Crippen molar-refractivity contribution in [3.05, 3.63) is 28.2 Å². The van der Waals surface area contributed by atoms with Crippen molar-refractivity contribution in [2.24, 2.45) is 0 Å². The van der Waals surface area contributed by atoms with E-state index in [9.17, 15) is 0 Å². The van der Waals surface area contributed by atoms with Crippen LogP contribution in [0.25, 0.3) is 0 Å². The van der Waals surface area contributed by atoms with Crippen LogP contribution >= 0.6 is 0 Å². The lowest BCUT2D eigenvalue weighted by atomic mass is 9.96. The first-order valence-corrected chi connectivity index (χ1v) is 7.93. The Bertz CT molecular complexity index is 656. The van der Waals surface area contributed by atoms with Gasteiger partial charge in [-0.05, 0) is 51.5 Å². The van der Waals surface area contributed by atoms with Crippen LogP contribution in [0.1, 0.15) is 41.1 Å². The molecular formula is C16H24N6. The summed E-state index contributed by atoms with van der Waals surface area (Å²) in [5.74, 6) is 1.39. The van der Waals surface area contributed by atoms with Crippen LogP contribution in [0.5, 0.6) is 0 Å². The van der Waals surface area contributed by atoms with Crippen molar-refractivity contribution >= 4 is 11.8 Å². The Morgan fingerprint density at radius 2 is 1.95 bits per heavy atom. The van der Waals surface area contributed by atoms with Crippen molar-refractivity contribution in [1.82, 2.24) is 20.2 Å². The maximum absolute atomic E-state index is 5.90. The summed E-state index contributed by atoms with van der Waals surface area (Å²) in [5, 5.41) is 7.31. The quantitative estimate of drug-likeness (QED) is 0.901. The first-order chi connectivity index (χ1) is 10.6. The van der Waals surface area contributed by atoms with Gasteiger partial charge in [-0.15, -0.1) is 0 Å². The molecule has 0 radical (unpaired) electrons. The summed E-state index contributed by atoms with van der Waals surface area (Å²) >= 11 is 0. The summed E-state index contributed by atoms with van der Waals surface area (Å²) in [5.41, 5.74) is 11.8. The smallest absolute Gasteiger partial charge is 0.222 e. The van der Waals surface area contributed by atoms with Gasteiger partial charge in [0, 0.05) is 24.8 Å². The van der Waals surface area contributed by atoms with Crippen LogP contribution in [-0.4, -0.2) is 33.8 Å². The van der Waals surface area contributed by atoms with E-state index in [1.807, 2.05) is 6.92 Å². The summed E-state index contributed by atoms with van der Waals surface area (Å²) in [7, 11) is 2.08. The average Bonchev–Trinajstić information content (AvgIpc) is 2.82. The number of nitrogens with one attached hydrogen (secondary N) is 1. The number of aryl methyl sites for hydroxylation is 3. The second-order valence-corrected chi connectivity index (χ2v) is 6.12. The zero-order valence-corrected chi connectivity index (χ0v) is 13.6. The molecule has 0 aliphatic heterocycles. The van der Waals surface area contributed by atoms with Gasteiger partial charge >= 0.3 is 0 Å². The highest BCUT2D eigenvalue weighted by molar-refractivity contribution is 5.52. The molecule has 22 heavy (non-hydrogen) atoms. The summed E-state index contributed by atoms with van der Waals surface area (Å²) in [6, 6.07) is 0. The molecule has 0 saturated heterocycles. The molecule has 0 unspecified atom stereocenters. The number of likely N-dealkylation sites (N-methyl/N-ethyl adjacent to an activating group) is 1. The van der Waals surface area contributed by atoms with Gasteiger partial charge in [-0.1, -0.05) is 0 Å². The largest absolute Gasteiger partial charge is 0.368 e. The number of nitrogens with two attached hydrogens (primary N) is 1. The van der Waals surface area contributed by atoms with Gasteiger partial charge in [-0.25, -0.2) is 4.98 Å². The minimum atomic E-state index is 0.387. The highest BCUT2D eigenvalue weighted by Gasteiger charge is 2.19. The van der Waals surface area contributed by atoms with Gasteiger partial charge in [0.15, 0.2) is 0 Å². The predicted molar refractivity (Wildman–Crippen MR) is 88.1 cm³/mol. The topological polar surface area (TPSA) is 83.7 Å². The maximum atomic E-state index is 5.90. The fraction of sp³-hybridized carbons (Fsp3) is 0.562. The highest BCUT2D eigenvalue weighted by atomic mass is 15.2. The predicted octanol–water partition coefficient (Wildman–Crippen LogP) is 1.96. The number of nitrogens with zero attached hydrogens (tertiary/aromatic N) is 4. The summed E-state index contributed by atoms with van der Waals surface area (Å²) in [4.78, 5) is 11.1. The fourth-order valence-electron chi connectivity index (χ4n) is 3.24. The van der Waals surface area contributed by atoms with Gasteiger partial charge in [-0.3, -0.25) is 5.10 Å². The molecule has 0 spiro atoms. The molecule has 118 valence electrons. The summed E-state index contributed by atoms with van der Waals surface area (Å²) in [6.45, 7) is 5.01. The van der Waals surface area contributed by atoms with E-state index in [2.05, 4.69) is 39.0 Å². The van der Waals surface area contributed by atoms with E-state index in [0.717, 1.165) is 48.7 Å². The molecule has 6 nitrogen and oxygen atoms in total. The minimum absolute atomic E-state index is 0.387. The Labute approximate surface area is 131 Å². The maximum Gasteiger partial charge on any atom is 0.222 e. The Balaban J connectivity index is 1.80. The van der Waals surface area contributed by atoms with Gasteiger partial charge in [0.05, 0.1) is 11.4 Å². The third-order valence-corrected chi connectivity index (χ3v) is 4.52. The molecule has 2 aromatic rings. The average molecular weight is 300 g/mol. The van der Waals surface area contributed by atoms with Gasteiger partial charge in [0.25, 0.3) is 0 Å². The Morgan fingerprint density at radius 1 is 1.18 bits per heavy atom. The number of nitrogen functional groups attached to an aromatic ring is 1. The number of H-pyrrole nitrogens is 1. The Morgan fingerprint density at radius 3 is 2.68 bits per heavy atom. The molecule has 0 saturated carbocycles. The molecule has 2 heterocycles. The first-order valence-electron chi connectivity index (χ1n) is 7.93. The van der Waals surface area contributed by atoms with E-state index in [1.54, 1.807) is 0 Å². The molecule has 0 bridgehead atoms. The van der Waals surface area contributed by atoms with E-state index in [4.69, 9.17) is 5.73 Å². The van der Waals surface area contributed by atoms with E-state index in [-0.39, 0.29) is 0 Å². The SMILES string of the molecule is Cc1n[nH]c(C)c1CCN(C)c1nc(N)nc2c1CCCC2. The number of aromatic nitrogens is 4. The summed E-state index contributed by atoms with van der Waals surface area (Å²) in [6.07, 6.45) is 5.42. The highest BCUT2D eigenvalue weighted by Crippen LogP contribution is 2.28. The van der Waals surface area contributed by atoms with Crippen LogP contribution in [0.4, 0.5) is 11.8 Å². The number of hydrogen-bond donors (Lipinski definition) is 2. The number of hydrogen-bond acceptors (Lipinski definition) is 5. The standard InChI is InChI=1S/C16H24N6/c1-10-12(11(2)21-20-10)8-9-22(3)15-13-6-4-5-7-14(13)18-16(17)19-15/h4-9H2,1-3H3,(H,20,21)(H2,17,18,19). The monoisotopic (exact) mass is 300 g/mol. The molecule has 0 amide bonds. The first kappa shape index (κ1) is 14.8. The van der Waals surface area contributed by atoms with Gasteiger partial charge in [-0.2, -0.15) is 10.1 Å². The molecule has 1 aliphatic carbocycles. The molecule has 0 atom stereocenters. The Kier molecular flexibility index (Phi) is 4.00. The third kappa shape index (κ3) is 2.77. The van der Waals surface area contributed by atoms with Crippen molar-refractivity contribution in [2.75, 3.05) is 24.2 Å². The van der Waals surface area contributed by atoms with E-state index in [0.29, 0.717) is 5.95 Å². The Hall–Kier alpha value is -2.11. The normalized spacial score (nSPS) is 14.0. The second kappa shape index (κ2) is 5.94. The summed E-state index contributed by atoms with van der Waals surface area (Å²) < 4.78 is 0. The lowest BCUT2D eigenvalue weighted by Crippen LogP contribution is -2.25. The molecule has 0 fully saturated rings. The minimum Gasteiger partial charge on any atom is -0.368 e. The number of rotatable bonds is 4. The van der Waals surface area contributed by atoms with E-state index in [1.165, 1.54) is 24.0 Å².